The maximum absolute atomic E-state index is 3.31. The van der Waals surface area contributed by atoms with Crippen LogP contribution in [-0.4, -0.2) is 9.52 Å². The Morgan fingerprint density at radius 1 is 0.357 bits per heavy atom. The van der Waals surface area contributed by atoms with E-state index in [-0.39, 0.29) is 25.8 Å². The van der Waals surface area contributed by atoms with E-state index < -0.39 is 0 Å². The number of hydrogen-bond acceptors (Lipinski definition) is 0. The quantitative estimate of drug-likeness (QED) is 0.105. The Kier molecular flexibility index (Phi) is 14.3. The Bertz CT molecular complexity index is 3490. The minimum atomic E-state index is 0. The predicted molar refractivity (Wildman–Crippen MR) is 300 cm³/mol. The van der Waals surface area contributed by atoms with Gasteiger partial charge < -0.3 is 0 Å². The van der Waals surface area contributed by atoms with E-state index in [4.69, 9.17) is 0 Å². The van der Waals surface area contributed by atoms with Gasteiger partial charge >= 0.3 is 0 Å². The molecule has 0 aliphatic carbocycles. The second-order valence-corrected chi connectivity index (χ2v) is 19.4. The first-order valence-electron chi connectivity index (χ1n) is 24.5. The molecule has 1 heterocycles. The van der Waals surface area contributed by atoms with Crippen LogP contribution in [0.3, 0.4) is 0 Å². The van der Waals surface area contributed by atoms with Crippen LogP contribution >= 0.6 is 0 Å². The van der Waals surface area contributed by atoms with Crippen molar-refractivity contribution < 1.29 is 25.8 Å². The molecule has 0 fully saturated rings. The van der Waals surface area contributed by atoms with Gasteiger partial charge in [0.05, 0.1) is 9.52 Å². The Hall–Kier alpha value is -6.97. The van der Waals surface area contributed by atoms with E-state index >= 15 is 0 Å². The van der Waals surface area contributed by atoms with Gasteiger partial charge in [-0.2, -0.15) is 41.6 Å². The van der Waals surface area contributed by atoms with Crippen molar-refractivity contribution >= 4 is 63.0 Å². The van der Waals surface area contributed by atoms with Crippen molar-refractivity contribution in [3.05, 3.63) is 254 Å². The van der Waals surface area contributed by atoms with Gasteiger partial charge in [0.1, 0.15) is 0 Å². The van der Waals surface area contributed by atoms with Crippen molar-refractivity contribution in [2.24, 2.45) is 0 Å². The van der Waals surface area contributed by atoms with Gasteiger partial charge in [-0.25, -0.2) is 0 Å². The summed E-state index contributed by atoms with van der Waals surface area (Å²) in [5, 5.41) is 13.4. The van der Waals surface area contributed by atoms with Gasteiger partial charge in [-0.05, 0) is 67.8 Å². The summed E-state index contributed by atoms with van der Waals surface area (Å²) in [6.45, 7) is 4.49. The molecule has 12 aromatic carbocycles. The Balaban J connectivity index is 0.000000128. The molecule has 1 aliphatic rings. The molecule has 2 heteroatoms. The fraction of sp³-hybridized carbons (Fsp3) is 0.0882. The maximum Gasteiger partial charge on any atom is 0.0920 e. The summed E-state index contributed by atoms with van der Waals surface area (Å²) in [4.78, 5) is 0. The van der Waals surface area contributed by atoms with E-state index in [1.54, 1.807) is 0 Å². The van der Waals surface area contributed by atoms with Crippen LogP contribution in [-0.2, 0) is 38.7 Å². The predicted octanol–water partition coefficient (Wildman–Crippen LogP) is 17.1. The molecule has 1 aliphatic heterocycles. The van der Waals surface area contributed by atoms with Crippen molar-refractivity contribution in [1.82, 2.24) is 0 Å². The fourth-order valence-corrected chi connectivity index (χ4v) is 11.8. The second kappa shape index (κ2) is 21.3. The molecule has 0 nitrogen and oxygen atoms in total. The first kappa shape index (κ1) is 46.7. The zero-order valence-corrected chi connectivity index (χ0v) is 44.4. The molecular weight excluding hydrogens is 1020 g/mol. The van der Waals surface area contributed by atoms with E-state index in [1.165, 1.54) is 133 Å². The van der Waals surface area contributed by atoms with Crippen LogP contribution in [0.2, 0.25) is 0 Å². The minimum absolute atomic E-state index is 0. The molecule has 0 unspecified atom stereocenters. The van der Waals surface area contributed by atoms with Crippen molar-refractivity contribution in [2.75, 3.05) is 0 Å². The molecule has 0 amide bonds. The second-order valence-electron chi connectivity index (χ2n) is 18.1. The number of rotatable bonds is 8. The summed E-state index contributed by atoms with van der Waals surface area (Å²) < 4.78 is 0. The third-order valence-corrected chi connectivity index (χ3v) is 15.0. The molecule has 0 saturated heterocycles. The summed E-state index contributed by atoms with van der Waals surface area (Å²) in [6, 6.07) is 89.2. The monoisotopic (exact) mass is 1080 g/mol. The van der Waals surface area contributed by atoms with Crippen LogP contribution in [0.5, 0.6) is 0 Å². The summed E-state index contributed by atoms with van der Waals surface area (Å²) >= 11 is 0. The average Bonchev–Trinajstić information content (AvgIpc) is 4.14. The van der Waals surface area contributed by atoms with Gasteiger partial charge in [0.25, 0.3) is 0 Å². The maximum atomic E-state index is 3.31. The average molecular weight is 1080 g/mol. The molecular formula is C68H53HfSi-3. The van der Waals surface area contributed by atoms with Crippen molar-refractivity contribution in [3.8, 4) is 55.6 Å². The summed E-state index contributed by atoms with van der Waals surface area (Å²) in [5.74, 6) is 0. The molecule has 0 spiro atoms. The van der Waals surface area contributed by atoms with E-state index in [1.807, 2.05) is 6.07 Å². The van der Waals surface area contributed by atoms with Gasteiger partial charge in [0.2, 0.25) is 0 Å². The Labute approximate surface area is 434 Å². The standard InChI is InChI=1S/2C28H23.C12H7Si.Hf/c2*1-2-9-20-18-22-12-8-17-27(28(22)19-20)26-15-6-5-14-25(26)24-16-7-11-21-10-3-4-13-23(21)24;1-3-7-11-9(5-1)10-6-2-4-8-12(10)13-11;/h2*3-8,10-19H,2,9H2,1H3;1-7H;/q3*-1;. The molecule has 0 N–H and O–H groups in total. The summed E-state index contributed by atoms with van der Waals surface area (Å²) in [7, 11) is 0.795. The van der Waals surface area contributed by atoms with Crippen molar-refractivity contribution in [3.63, 3.8) is 0 Å². The molecule has 0 saturated carbocycles. The van der Waals surface area contributed by atoms with E-state index in [0.29, 0.717) is 0 Å². The van der Waals surface area contributed by atoms with Crippen LogP contribution in [0.15, 0.2) is 237 Å². The number of benzene rings is 10. The van der Waals surface area contributed by atoms with Crippen molar-refractivity contribution in [1.29, 1.82) is 0 Å². The molecule has 2 radical (unpaired) electrons. The van der Waals surface area contributed by atoms with Crippen LogP contribution in [0.25, 0.3) is 98.7 Å². The van der Waals surface area contributed by atoms with Crippen molar-refractivity contribution in [2.45, 2.75) is 39.5 Å². The van der Waals surface area contributed by atoms with Gasteiger partial charge in [-0.1, -0.05) is 218 Å². The Morgan fingerprint density at radius 3 is 1.21 bits per heavy atom. The van der Waals surface area contributed by atoms with Gasteiger partial charge in [0, 0.05) is 25.8 Å². The smallest absolute Gasteiger partial charge is 0.0920 e. The molecule has 0 atom stereocenters. The van der Waals surface area contributed by atoms with Gasteiger partial charge in [0.15, 0.2) is 0 Å². The van der Waals surface area contributed by atoms with E-state index in [2.05, 4.69) is 250 Å². The van der Waals surface area contributed by atoms with Gasteiger partial charge in [-0.15, -0.1) is 74.6 Å². The van der Waals surface area contributed by atoms with Crippen LogP contribution < -0.4 is 10.4 Å². The van der Waals surface area contributed by atoms with Gasteiger partial charge in [-0.3, -0.25) is 0 Å². The van der Waals surface area contributed by atoms with E-state index in [9.17, 15) is 0 Å². The Morgan fingerprint density at radius 2 is 0.729 bits per heavy atom. The zero-order valence-electron chi connectivity index (χ0n) is 39.8. The number of aryl methyl sites for hydroxylation is 2. The summed E-state index contributed by atoms with van der Waals surface area (Å²) in [5.41, 5.74) is 16.1. The topological polar surface area (TPSA) is 0 Å². The minimum Gasteiger partial charge on any atom is -0.184 e. The number of fused-ring (bicyclic) bond motifs is 7. The normalized spacial score (nSPS) is 11.3. The van der Waals surface area contributed by atoms with Crippen LogP contribution in [0.1, 0.15) is 37.8 Å². The molecule has 13 rings (SSSR count). The first-order chi connectivity index (χ1) is 34.1. The SMILES string of the molecule is CCCc1cc2c(-c3ccccc3-c3cccc4ccccc34)cccc2[cH-]1.CCCc1cc2c(-c3ccccc3-c3cccc4ccccc34)cccc2[cH-]1.[Hf].[c-]1cccc2c1[Si]c1ccccc1-2. The molecule has 336 valence electrons. The zero-order chi connectivity index (χ0) is 46.5. The molecule has 12 aromatic rings. The van der Waals surface area contributed by atoms with Crippen LogP contribution in [0, 0.1) is 6.07 Å². The van der Waals surface area contributed by atoms with E-state index in [0.717, 1.165) is 22.4 Å². The number of hydrogen-bond donors (Lipinski definition) is 0. The molecule has 0 aromatic heterocycles. The third-order valence-electron chi connectivity index (χ3n) is 13.6. The molecule has 0 bridgehead atoms. The summed E-state index contributed by atoms with van der Waals surface area (Å²) in [6.07, 6.45) is 4.63. The first-order valence-corrected chi connectivity index (χ1v) is 25.5. The fourth-order valence-electron chi connectivity index (χ4n) is 10.5. The largest absolute Gasteiger partial charge is 0.184 e. The van der Waals surface area contributed by atoms with Crippen LogP contribution in [0.4, 0.5) is 0 Å². The molecule has 70 heavy (non-hydrogen) atoms. The third kappa shape index (κ3) is 9.39.